The van der Waals surface area contributed by atoms with E-state index in [0.29, 0.717) is 24.5 Å². The van der Waals surface area contributed by atoms with Gasteiger partial charge in [-0.3, -0.25) is 4.79 Å². The highest BCUT2D eigenvalue weighted by atomic mass is 32.2. The van der Waals surface area contributed by atoms with Crippen LogP contribution in [0.5, 0.6) is 5.75 Å². The molecule has 1 N–H and O–H groups in total. The van der Waals surface area contributed by atoms with Crippen LogP contribution in [-0.4, -0.2) is 49.3 Å². The van der Waals surface area contributed by atoms with E-state index in [2.05, 4.69) is 5.32 Å². The van der Waals surface area contributed by atoms with Gasteiger partial charge in [0.05, 0.1) is 21.9 Å². The summed E-state index contributed by atoms with van der Waals surface area (Å²) in [6.45, 7) is 6.65. The number of sulfonamides is 1. The lowest BCUT2D eigenvalue weighted by Crippen LogP contribution is -2.35. The summed E-state index contributed by atoms with van der Waals surface area (Å²) in [6, 6.07) is 4.68. The van der Waals surface area contributed by atoms with Gasteiger partial charge in [0.15, 0.2) is 0 Å². The number of rotatable bonds is 7. The van der Waals surface area contributed by atoms with Crippen molar-refractivity contribution in [2.75, 3.05) is 24.7 Å². The van der Waals surface area contributed by atoms with Crippen LogP contribution in [0.15, 0.2) is 23.1 Å². The number of anilines is 1. The summed E-state index contributed by atoms with van der Waals surface area (Å²) in [5.41, 5.74) is 0.391. The van der Waals surface area contributed by atoms with Gasteiger partial charge in [0.2, 0.25) is 15.9 Å². The Labute approximate surface area is 160 Å². The number of carbonyl (C=O) groups excluding carboxylic acids is 1. The van der Waals surface area contributed by atoms with E-state index < -0.39 is 10.0 Å². The highest BCUT2D eigenvalue weighted by molar-refractivity contribution is 7.99. The largest absolute Gasteiger partial charge is 0.489 e. The molecular formula is C18H28N2O4S2. The molecule has 1 aromatic rings. The average molecular weight is 401 g/mol. The number of nitrogens with one attached hydrogen (secondary N) is 1. The van der Waals surface area contributed by atoms with Gasteiger partial charge in [-0.1, -0.05) is 6.42 Å². The zero-order valence-corrected chi connectivity index (χ0v) is 17.5. The maximum absolute atomic E-state index is 12.9. The van der Waals surface area contributed by atoms with E-state index in [-0.39, 0.29) is 22.2 Å². The molecule has 0 spiro atoms. The first kappa shape index (κ1) is 21.1. The molecule has 1 saturated heterocycles. The van der Waals surface area contributed by atoms with Crippen LogP contribution < -0.4 is 10.1 Å². The predicted octanol–water partition coefficient (Wildman–Crippen LogP) is 3.34. The van der Waals surface area contributed by atoms with Crippen molar-refractivity contribution < 1.29 is 17.9 Å². The number of carbonyl (C=O) groups is 1. The second-order valence-corrected chi connectivity index (χ2v) is 9.77. The summed E-state index contributed by atoms with van der Waals surface area (Å²) in [6.07, 6.45) is 4.58. The van der Waals surface area contributed by atoms with Crippen LogP contribution in [0.25, 0.3) is 0 Å². The summed E-state index contributed by atoms with van der Waals surface area (Å²) in [5.74, 6) is 0.290. The molecule has 1 aromatic carbocycles. The normalized spacial score (nSPS) is 17.1. The zero-order valence-electron chi connectivity index (χ0n) is 15.8. The third kappa shape index (κ3) is 5.14. The van der Waals surface area contributed by atoms with Crippen molar-refractivity contribution in [2.45, 2.75) is 56.3 Å². The van der Waals surface area contributed by atoms with Gasteiger partial charge < -0.3 is 10.1 Å². The number of hydrogen-bond acceptors (Lipinski definition) is 5. The quantitative estimate of drug-likeness (QED) is 0.760. The number of thioether (sulfide) groups is 1. The van der Waals surface area contributed by atoms with Crippen LogP contribution in [0.3, 0.4) is 0 Å². The van der Waals surface area contributed by atoms with E-state index in [4.69, 9.17) is 4.74 Å². The van der Waals surface area contributed by atoms with E-state index in [1.807, 2.05) is 20.1 Å². The fraction of sp³-hybridized carbons (Fsp3) is 0.611. The number of piperidine rings is 1. The fourth-order valence-electron chi connectivity index (χ4n) is 2.72. The zero-order chi connectivity index (χ0) is 19.3. The van der Waals surface area contributed by atoms with E-state index in [1.54, 1.807) is 19.1 Å². The van der Waals surface area contributed by atoms with Crippen LogP contribution in [0, 0.1) is 0 Å². The molecule has 0 aliphatic carbocycles. The van der Waals surface area contributed by atoms with Crippen LogP contribution in [0.4, 0.5) is 5.69 Å². The van der Waals surface area contributed by atoms with Crippen molar-refractivity contribution in [1.82, 2.24) is 4.31 Å². The molecule has 1 amide bonds. The Morgan fingerprint density at radius 2 is 1.85 bits per heavy atom. The molecule has 6 nitrogen and oxygen atoms in total. The van der Waals surface area contributed by atoms with Gasteiger partial charge in [0.1, 0.15) is 5.75 Å². The molecule has 1 fully saturated rings. The Kier molecular flexibility index (Phi) is 7.37. The maximum Gasteiger partial charge on any atom is 0.243 e. The van der Waals surface area contributed by atoms with Crippen LogP contribution in [-0.2, 0) is 14.8 Å². The van der Waals surface area contributed by atoms with Gasteiger partial charge in [-0.05, 0) is 58.1 Å². The molecule has 1 heterocycles. The van der Waals surface area contributed by atoms with Crippen molar-refractivity contribution in [1.29, 1.82) is 0 Å². The number of ether oxygens (including phenoxy) is 1. The fourth-order valence-corrected chi connectivity index (χ4v) is 4.54. The molecule has 0 bridgehead atoms. The molecule has 0 saturated carbocycles. The topological polar surface area (TPSA) is 75.7 Å². The highest BCUT2D eigenvalue weighted by Crippen LogP contribution is 2.31. The number of benzene rings is 1. The lowest BCUT2D eigenvalue weighted by atomic mass is 10.2. The SMILES string of the molecule is CSC(C)C(=O)Nc1cc(S(=O)(=O)N2CCCCC2)ccc1OC(C)C. The van der Waals surface area contributed by atoms with E-state index >= 15 is 0 Å². The molecule has 2 rings (SSSR count). The van der Waals surface area contributed by atoms with Gasteiger partial charge in [0, 0.05) is 13.1 Å². The van der Waals surface area contributed by atoms with Crippen LogP contribution in [0.2, 0.25) is 0 Å². The summed E-state index contributed by atoms with van der Waals surface area (Å²) in [7, 11) is -3.57. The van der Waals surface area contributed by atoms with Gasteiger partial charge in [0.25, 0.3) is 0 Å². The van der Waals surface area contributed by atoms with Crippen molar-refractivity contribution in [3.8, 4) is 5.75 Å². The van der Waals surface area contributed by atoms with Gasteiger partial charge >= 0.3 is 0 Å². The third-order valence-electron chi connectivity index (χ3n) is 4.25. The van der Waals surface area contributed by atoms with E-state index in [1.165, 1.54) is 22.1 Å². The van der Waals surface area contributed by atoms with Gasteiger partial charge in [-0.25, -0.2) is 8.42 Å². The van der Waals surface area contributed by atoms with E-state index in [9.17, 15) is 13.2 Å². The second-order valence-electron chi connectivity index (χ2n) is 6.66. The Balaban J connectivity index is 2.36. The van der Waals surface area contributed by atoms with Crippen molar-refractivity contribution in [2.24, 2.45) is 0 Å². The minimum atomic E-state index is -3.57. The molecule has 1 unspecified atom stereocenters. The molecule has 8 heteroatoms. The molecule has 1 aliphatic heterocycles. The Morgan fingerprint density at radius 3 is 2.42 bits per heavy atom. The minimum Gasteiger partial charge on any atom is -0.489 e. The third-order valence-corrected chi connectivity index (χ3v) is 7.06. The van der Waals surface area contributed by atoms with E-state index in [0.717, 1.165) is 19.3 Å². The molecule has 1 atom stereocenters. The Bertz CT molecular complexity index is 729. The van der Waals surface area contributed by atoms with Crippen molar-refractivity contribution in [3.63, 3.8) is 0 Å². The minimum absolute atomic E-state index is 0.0897. The maximum atomic E-state index is 12.9. The summed E-state index contributed by atoms with van der Waals surface area (Å²) >= 11 is 1.43. The van der Waals surface area contributed by atoms with Crippen molar-refractivity contribution >= 4 is 33.4 Å². The smallest absolute Gasteiger partial charge is 0.243 e. The van der Waals surface area contributed by atoms with Gasteiger partial charge in [-0.15, -0.1) is 0 Å². The molecule has 26 heavy (non-hydrogen) atoms. The summed E-state index contributed by atoms with van der Waals surface area (Å²) in [4.78, 5) is 12.5. The van der Waals surface area contributed by atoms with Crippen LogP contribution in [0.1, 0.15) is 40.0 Å². The van der Waals surface area contributed by atoms with Gasteiger partial charge in [-0.2, -0.15) is 16.1 Å². The van der Waals surface area contributed by atoms with Crippen molar-refractivity contribution in [3.05, 3.63) is 18.2 Å². The number of amides is 1. The number of nitrogens with zero attached hydrogens (tertiary/aromatic N) is 1. The first-order chi connectivity index (χ1) is 12.3. The van der Waals surface area contributed by atoms with Crippen LogP contribution >= 0.6 is 11.8 Å². The summed E-state index contributed by atoms with van der Waals surface area (Å²) in [5, 5.41) is 2.57. The standard InChI is InChI=1S/C18H28N2O4S2/c1-13(2)24-17-9-8-15(12-16(17)19-18(21)14(3)25-4)26(22,23)20-10-6-5-7-11-20/h8-9,12-14H,5-7,10-11H2,1-4H3,(H,19,21). The lowest BCUT2D eigenvalue weighted by molar-refractivity contribution is -0.115. The molecule has 0 radical (unpaired) electrons. The molecule has 146 valence electrons. The summed E-state index contributed by atoms with van der Waals surface area (Å²) < 4.78 is 33.1. The monoisotopic (exact) mass is 400 g/mol. The Hall–Kier alpha value is -1.25. The average Bonchev–Trinajstić information content (AvgIpc) is 2.62. The molecular weight excluding hydrogens is 372 g/mol. The lowest BCUT2D eigenvalue weighted by Gasteiger charge is -2.26. The first-order valence-electron chi connectivity index (χ1n) is 8.90. The first-order valence-corrected chi connectivity index (χ1v) is 11.6. The predicted molar refractivity (Wildman–Crippen MR) is 106 cm³/mol. The highest BCUT2D eigenvalue weighted by Gasteiger charge is 2.27. The molecule has 0 aromatic heterocycles. The number of hydrogen-bond donors (Lipinski definition) is 1. The second kappa shape index (κ2) is 9.10. The Morgan fingerprint density at radius 1 is 1.19 bits per heavy atom. The molecule has 1 aliphatic rings.